The number of pyridine rings is 3. The van der Waals surface area contributed by atoms with Crippen molar-refractivity contribution in [3.63, 3.8) is 0 Å². The minimum atomic E-state index is -1.34. The highest BCUT2D eigenvalue weighted by Crippen LogP contribution is 2.30. The Morgan fingerprint density at radius 2 is 1.05 bits per heavy atom. The number of carboxylic acid groups (broad SMARTS) is 1. The van der Waals surface area contributed by atoms with Crippen molar-refractivity contribution in [2.24, 2.45) is 5.73 Å². The van der Waals surface area contributed by atoms with E-state index in [9.17, 15) is 59.9 Å². The van der Waals surface area contributed by atoms with Crippen LogP contribution in [-0.4, -0.2) is 168 Å². The number of amides is 5. The average Bonchev–Trinajstić information content (AvgIpc) is 1.70. The number of aromatic carboxylic acids is 1. The normalized spacial score (nSPS) is 14.9. The summed E-state index contributed by atoms with van der Waals surface area (Å²) in [6.07, 6.45) is 8.32. The van der Waals surface area contributed by atoms with Gasteiger partial charge in [0.15, 0.2) is 80.7 Å². The monoisotopic (exact) mass is 1420 g/mol. The van der Waals surface area contributed by atoms with Gasteiger partial charge in [-0.1, -0.05) is 40.2 Å². The summed E-state index contributed by atoms with van der Waals surface area (Å²) >= 11 is 3.22. The number of carboxylic acids is 1. The number of halogens is 8. The van der Waals surface area contributed by atoms with Crippen molar-refractivity contribution in [1.82, 2.24) is 66.0 Å². The number of aromatic nitrogens is 11. The zero-order valence-corrected chi connectivity index (χ0v) is 53.0. The van der Waals surface area contributed by atoms with Crippen molar-refractivity contribution in [1.29, 1.82) is 0 Å². The van der Waals surface area contributed by atoms with Crippen molar-refractivity contribution in [2.75, 3.05) is 62.3 Å². The number of ether oxygens (including phenoxy) is 4. The van der Waals surface area contributed by atoms with E-state index in [4.69, 9.17) is 25.1 Å². The van der Waals surface area contributed by atoms with Gasteiger partial charge in [-0.3, -0.25) is 58.7 Å². The number of hydrogen-bond donors (Lipinski definition) is 7. The van der Waals surface area contributed by atoms with Crippen molar-refractivity contribution in [3.05, 3.63) is 197 Å². The Bertz CT molecular complexity index is 4170. The molecule has 506 valence electrons. The number of carbonyl (C=O) groups is 7. The van der Waals surface area contributed by atoms with Crippen molar-refractivity contribution >= 4 is 87.3 Å². The first-order valence-electron chi connectivity index (χ1n) is 27.7. The van der Waals surface area contributed by atoms with Crippen molar-refractivity contribution in [3.8, 4) is 17.2 Å². The molecule has 0 aliphatic carbocycles. The highest BCUT2D eigenvalue weighted by molar-refractivity contribution is 9.08. The van der Waals surface area contributed by atoms with Crippen molar-refractivity contribution < 1.29 is 84.0 Å². The Kier molecular flexibility index (Phi) is 27.0. The summed E-state index contributed by atoms with van der Waals surface area (Å²) in [5.41, 5.74) is 5.59. The fraction of sp³-hybridized carbons (Fsp3) is 0.220. The first kappa shape index (κ1) is 73.8. The lowest BCUT2D eigenvalue weighted by atomic mass is 10.2. The second kappa shape index (κ2) is 35.1. The number of aromatic amines is 3. The topological polar surface area (TPSA) is 379 Å². The van der Waals surface area contributed by atoms with Crippen LogP contribution in [0.4, 0.5) is 43.8 Å². The van der Waals surface area contributed by atoms with Gasteiger partial charge in [0, 0.05) is 45.1 Å². The van der Waals surface area contributed by atoms with Crippen LogP contribution < -0.4 is 45.3 Å². The van der Waals surface area contributed by atoms with Gasteiger partial charge < -0.3 is 40.4 Å². The molecule has 10 heterocycles. The minimum absolute atomic E-state index is 0. The summed E-state index contributed by atoms with van der Waals surface area (Å²) in [6.45, 7) is 1.92. The van der Waals surface area contributed by atoms with Gasteiger partial charge in [-0.25, -0.2) is 50.9 Å². The summed E-state index contributed by atoms with van der Waals surface area (Å²) in [7, 11) is 4.68. The Hall–Kier alpha value is -11.3. The summed E-state index contributed by atoms with van der Waals surface area (Å²) in [6, 6.07) is 19.9. The molecule has 7 aromatic heterocycles. The van der Waals surface area contributed by atoms with E-state index < -0.39 is 94.2 Å². The molecule has 0 bridgehead atoms. The fourth-order valence-corrected chi connectivity index (χ4v) is 8.57. The van der Waals surface area contributed by atoms with Gasteiger partial charge in [0.05, 0.1) is 37.9 Å². The van der Waals surface area contributed by atoms with E-state index in [0.29, 0.717) is 45.6 Å². The molecule has 29 nitrogen and oxygen atoms in total. The number of alkyl halides is 1. The second-order valence-corrected chi connectivity index (χ2v) is 20.0. The van der Waals surface area contributed by atoms with Crippen LogP contribution in [-0.2, 0) is 31.0 Å². The zero-order valence-electron chi connectivity index (χ0n) is 50.6. The lowest BCUT2D eigenvalue weighted by molar-refractivity contribution is -0.121. The average molecular weight is 1430 g/mol. The van der Waals surface area contributed by atoms with Gasteiger partial charge >= 0.3 is 11.9 Å². The molecule has 0 fully saturated rings. The van der Waals surface area contributed by atoms with Crippen LogP contribution in [0.15, 0.2) is 128 Å². The molecule has 0 spiro atoms. The third kappa shape index (κ3) is 19.6. The SMILES string of the molecule is CCOC(=O)c1[nH]ncc1F.CN1C(=O)[C@@H](N)COc2cccnc21.CN1C(=O)[C@@H](NC(=O)c2[nH]ncc2F)COc2cccnc21.CN1C(=O)[C@@H](NC(=O)c2nn(Cc3cccc(F)c3)cc2F)COc2cccnc21.Cl.Fc1cccc(CBr)c1.O=C(O)c1[nH]ncc1F. The molecule has 0 unspecified atom stereocenters. The third-order valence-electron chi connectivity index (χ3n) is 12.9. The van der Waals surface area contributed by atoms with E-state index in [0.717, 1.165) is 30.4 Å². The number of nitrogens with one attached hydrogen (secondary N) is 5. The number of fused-ring (bicyclic) bond motifs is 3. The molecule has 3 aliphatic rings. The number of esters is 1. The number of anilines is 3. The first-order chi connectivity index (χ1) is 45.5. The largest absolute Gasteiger partial charge is 0.488 e. The van der Waals surface area contributed by atoms with Crippen LogP contribution in [0.2, 0.25) is 0 Å². The number of carbonyl (C=O) groups excluding carboxylic acids is 6. The number of rotatable bonds is 10. The number of H-pyrrole nitrogens is 3. The molecule has 0 radical (unpaired) electrons. The van der Waals surface area contributed by atoms with Crippen molar-refractivity contribution in [2.45, 2.75) is 36.9 Å². The van der Waals surface area contributed by atoms with E-state index in [1.807, 2.05) is 11.2 Å². The quantitative estimate of drug-likeness (QED) is 0.0488. The lowest BCUT2D eigenvalue weighted by Gasteiger charge is -2.19. The van der Waals surface area contributed by atoms with Crippen LogP contribution in [0, 0.1) is 34.9 Å². The van der Waals surface area contributed by atoms with Gasteiger partial charge in [0.25, 0.3) is 23.6 Å². The van der Waals surface area contributed by atoms with Gasteiger partial charge in [-0.15, -0.1) is 12.4 Å². The molecule has 3 atom stereocenters. The standard InChI is InChI=1S/C20H17F2N5O3.C13H12FN5O3.C9H11N3O2.C7H6BrF.C6H7FN2O2.C4H3FN2O2.ClH/c1-26-18-16(6-3-7-23-18)30-11-15(20(26)29)24-19(28)17-14(22)10-27(25-17)9-12-4-2-5-13(21)8-12;1-19-11-9(3-2-4-15-11)22-6-8(13(19)21)17-12(20)10-7(14)5-16-18-10;1-12-8-7(3-2-4-11-8)14-5-6(10)9(12)13;8-5-6-2-1-3-7(9)4-6;1-2-11-6(10)5-4(7)3-8-9-5;5-2-1-6-7-3(2)4(8)9;/h2-8,10,15H,9,11H2,1H3,(H,24,28);2-5,8H,6H2,1H3,(H,16,18)(H,17,20);2-4,6H,5,10H2,1H3;1-4H,5H2;3H,2H2,1H3,(H,8,9);1H,(H,6,7)(H,8,9);1H/t15-;8-;6-;;;;/m000..../s1. The molecule has 12 rings (SSSR count). The molecule has 96 heavy (non-hydrogen) atoms. The minimum Gasteiger partial charge on any atom is -0.488 e. The van der Waals surface area contributed by atoms with E-state index in [-0.39, 0.29) is 68.5 Å². The molecule has 37 heteroatoms. The maximum atomic E-state index is 14.3. The van der Waals surface area contributed by atoms with Crippen LogP contribution in [0.5, 0.6) is 17.2 Å². The van der Waals surface area contributed by atoms with Crippen LogP contribution in [0.1, 0.15) is 60.0 Å². The Morgan fingerprint density at radius 1 is 0.615 bits per heavy atom. The summed E-state index contributed by atoms with van der Waals surface area (Å²) < 4.78 is 100. The maximum absolute atomic E-state index is 14.3. The summed E-state index contributed by atoms with van der Waals surface area (Å²) in [5.74, 6) is -5.91. The molecule has 5 amide bonds. The molecule has 0 saturated carbocycles. The molecular weight excluding hydrogens is 1370 g/mol. The summed E-state index contributed by atoms with van der Waals surface area (Å²) in [5, 5.41) is 34.0. The van der Waals surface area contributed by atoms with Crippen LogP contribution >= 0.6 is 28.3 Å². The number of likely N-dealkylation sites (N-methyl/N-ethyl adjacent to an activating group) is 3. The van der Waals surface area contributed by atoms with Gasteiger partial charge in [-0.05, 0) is 78.7 Å². The highest BCUT2D eigenvalue weighted by Gasteiger charge is 2.34. The number of benzene rings is 2. The van der Waals surface area contributed by atoms with Gasteiger partial charge in [0.1, 0.15) is 49.6 Å². The predicted molar refractivity (Wildman–Crippen MR) is 332 cm³/mol. The predicted octanol–water partition coefficient (Wildman–Crippen LogP) is 5.74. The Morgan fingerprint density at radius 3 is 1.48 bits per heavy atom. The Labute approximate surface area is 554 Å². The lowest BCUT2D eigenvalue weighted by Crippen LogP contribution is -2.49. The molecular formula is C59H57BrClF6N17O12. The van der Waals surface area contributed by atoms with Crippen LogP contribution in [0.3, 0.4) is 0 Å². The maximum Gasteiger partial charge on any atom is 0.359 e. The molecule has 9 aromatic rings. The van der Waals surface area contributed by atoms with Gasteiger partial charge in [0.2, 0.25) is 5.91 Å². The number of nitrogens with zero attached hydrogens (tertiary/aromatic N) is 11. The Balaban J connectivity index is 0.000000194. The molecule has 3 aliphatic heterocycles. The van der Waals surface area contributed by atoms with E-state index in [2.05, 4.69) is 76.8 Å². The smallest absolute Gasteiger partial charge is 0.359 e. The van der Waals surface area contributed by atoms with E-state index >= 15 is 0 Å². The molecule has 0 saturated heterocycles. The molecule has 8 N–H and O–H groups in total. The fourth-order valence-electron chi connectivity index (χ4n) is 8.22. The molecule has 2 aromatic carbocycles. The third-order valence-corrected chi connectivity index (χ3v) is 13.5. The number of hydrogen-bond acceptors (Lipinski definition) is 19. The second-order valence-electron chi connectivity index (χ2n) is 19.5. The van der Waals surface area contributed by atoms with E-state index in [1.54, 1.807) is 68.7 Å². The van der Waals surface area contributed by atoms with Crippen LogP contribution in [0.25, 0.3) is 0 Å². The zero-order chi connectivity index (χ0) is 68.9. The van der Waals surface area contributed by atoms with E-state index in [1.165, 1.54) is 76.2 Å². The first-order valence-corrected chi connectivity index (χ1v) is 28.8. The summed E-state index contributed by atoms with van der Waals surface area (Å²) in [4.78, 5) is 98.2. The number of nitrogens with two attached hydrogens (primary N) is 1. The highest BCUT2D eigenvalue weighted by atomic mass is 79.9. The van der Waals surface area contributed by atoms with Gasteiger partial charge in [-0.2, -0.15) is 20.4 Å².